The van der Waals surface area contributed by atoms with Gasteiger partial charge in [0.05, 0.1) is 11.0 Å². The summed E-state index contributed by atoms with van der Waals surface area (Å²) in [5.41, 5.74) is -5.95. The van der Waals surface area contributed by atoms with Gasteiger partial charge in [-0.2, -0.15) is 22.0 Å². The molecule has 176 valence electrons. The second-order valence-electron chi connectivity index (χ2n) is 6.91. The minimum absolute atomic E-state index is 0.310. The van der Waals surface area contributed by atoms with Crippen molar-refractivity contribution in [2.45, 2.75) is 24.6 Å². The van der Waals surface area contributed by atoms with Gasteiger partial charge in [0, 0.05) is 23.3 Å². The maximum atomic E-state index is 13.9. The minimum atomic E-state index is -5.61. The number of nitrogens with one attached hydrogen (secondary N) is 2. The summed E-state index contributed by atoms with van der Waals surface area (Å²) in [6.45, 7) is -3.49. The van der Waals surface area contributed by atoms with E-state index in [1.807, 2.05) is 5.32 Å². The highest BCUT2D eigenvalue weighted by Crippen LogP contribution is 2.46. The molecule has 0 aromatic heterocycles. The van der Waals surface area contributed by atoms with Crippen molar-refractivity contribution in [1.82, 2.24) is 10.6 Å². The lowest BCUT2D eigenvalue weighted by molar-refractivity contribution is -0.385. The van der Waals surface area contributed by atoms with Crippen LogP contribution in [0.4, 0.5) is 32.4 Å². The van der Waals surface area contributed by atoms with Crippen LogP contribution in [-0.2, 0) is 0 Å². The number of Topliss-reactive ketones (excluding diaryl/α,β-unsaturated/α-hetero) is 1. The fourth-order valence-corrected chi connectivity index (χ4v) is 3.48. The monoisotopic (exact) mass is 475 g/mol. The molecule has 1 saturated heterocycles. The average Bonchev–Trinajstić information content (AvgIpc) is 2.72. The van der Waals surface area contributed by atoms with Gasteiger partial charge in [0.1, 0.15) is 11.7 Å². The van der Waals surface area contributed by atoms with Gasteiger partial charge in [-0.15, -0.1) is 0 Å². The molecule has 0 saturated carbocycles. The lowest BCUT2D eigenvalue weighted by atomic mass is 9.77. The number of urea groups is 1. The van der Waals surface area contributed by atoms with Crippen LogP contribution in [-0.4, -0.2) is 40.4 Å². The first-order chi connectivity index (χ1) is 15.3. The highest BCUT2D eigenvalue weighted by molar-refractivity contribution is 6.00. The van der Waals surface area contributed by atoms with Gasteiger partial charge in [-0.1, -0.05) is 30.3 Å². The number of nitro groups is 1. The van der Waals surface area contributed by atoms with Crippen molar-refractivity contribution >= 4 is 17.5 Å². The summed E-state index contributed by atoms with van der Waals surface area (Å²) in [5.74, 6) is -4.75. The molecule has 1 fully saturated rings. The minimum Gasteiger partial charge on any atom is -0.434 e. The molecule has 1 aliphatic rings. The third kappa shape index (κ3) is 4.55. The van der Waals surface area contributed by atoms with E-state index in [-0.39, 0.29) is 5.56 Å². The molecule has 1 heterocycles. The molecule has 0 bridgehead atoms. The van der Waals surface area contributed by atoms with Crippen LogP contribution in [0, 0.1) is 16.0 Å². The van der Waals surface area contributed by atoms with Crippen LogP contribution in [0.1, 0.15) is 22.0 Å². The Hall–Kier alpha value is -3.81. The number of ether oxygens (including phenoxy) is 1. The molecule has 2 aromatic rings. The zero-order chi connectivity index (χ0) is 24.6. The molecule has 0 aliphatic carbocycles. The molecular weight excluding hydrogens is 461 g/mol. The molecule has 0 unspecified atom stereocenters. The smallest absolute Gasteiger partial charge is 0.434 e. The number of aliphatic hydroxyl groups is 1. The van der Waals surface area contributed by atoms with Crippen molar-refractivity contribution in [3.05, 3.63) is 69.8 Å². The van der Waals surface area contributed by atoms with Crippen LogP contribution in [0.3, 0.4) is 0 Å². The van der Waals surface area contributed by atoms with Gasteiger partial charge in [-0.05, 0) is 6.07 Å². The first kappa shape index (κ1) is 23.8. The number of hydrogen-bond donors (Lipinski definition) is 3. The molecule has 0 spiro atoms. The second-order valence-corrected chi connectivity index (χ2v) is 6.91. The van der Waals surface area contributed by atoms with Crippen LogP contribution < -0.4 is 15.4 Å². The number of rotatable bonds is 6. The summed E-state index contributed by atoms with van der Waals surface area (Å²) in [7, 11) is 0. The third-order valence-corrected chi connectivity index (χ3v) is 4.90. The summed E-state index contributed by atoms with van der Waals surface area (Å²) in [6.07, 6.45) is -5.61. The standard InChI is InChI=1S/C19H14F5N3O6/c20-16(21)33-12-7-6-10(27(31)32)8-11(12)14-13(15(28)9-4-2-1-3-5-9)18(30,19(22,23)24)26-17(29)25-14/h1-8,13-14,16,30H,(H2,25,26,29)/t13-,14+,18+/m0/s1. The first-order valence-electron chi connectivity index (χ1n) is 9.05. The predicted molar refractivity (Wildman–Crippen MR) is 99.4 cm³/mol. The van der Waals surface area contributed by atoms with E-state index in [2.05, 4.69) is 4.74 Å². The van der Waals surface area contributed by atoms with Gasteiger partial charge >= 0.3 is 18.8 Å². The number of carbonyl (C=O) groups excluding carboxylic acids is 2. The summed E-state index contributed by atoms with van der Waals surface area (Å²) in [4.78, 5) is 35.4. The highest BCUT2D eigenvalue weighted by Gasteiger charge is 2.66. The quantitative estimate of drug-likeness (QED) is 0.254. The Morgan fingerprint density at radius 2 is 1.82 bits per heavy atom. The molecule has 2 amide bonds. The van der Waals surface area contributed by atoms with Gasteiger partial charge in [0.2, 0.25) is 5.72 Å². The molecule has 3 N–H and O–H groups in total. The fourth-order valence-electron chi connectivity index (χ4n) is 3.48. The van der Waals surface area contributed by atoms with Crippen LogP contribution in [0.25, 0.3) is 0 Å². The lowest BCUT2D eigenvalue weighted by Crippen LogP contribution is -2.72. The molecule has 1 aliphatic heterocycles. The number of halogens is 5. The molecule has 2 aromatic carbocycles. The fraction of sp³-hybridized carbons (Fsp3) is 0.263. The number of benzene rings is 2. The van der Waals surface area contributed by atoms with Gasteiger partial charge in [0.25, 0.3) is 5.69 Å². The zero-order valence-electron chi connectivity index (χ0n) is 16.2. The predicted octanol–water partition coefficient (Wildman–Crippen LogP) is 3.30. The van der Waals surface area contributed by atoms with Crippen LogP contribution in [0.15, 0.2) is 48.5 Å². The molecule has 0 radical (unpaired) electrons. The van der Waals surface area contributed by atoms with E-state index in [9.17, 15) is 46.8 Å². The van der Waals surface area contributed by atoms with Gasteiger partial charge < -0.3 is 20.5 Å². The van der Waals surface area contributed by atoms with Crippen LogP contribution >= 0.6 is 0 Å². The number of hydrogen-bond acceptors (Lipinski definition) is 6. The van der Waals surface area contributed by atoms with E-state index >= 15 is 0 Å². The lowest BCUT2D eigenvalue weighted by Gasteiger charge is -2.45. The maximum absolute atomic E-state index is 13.9. The van der Waals surface area contributed by atoms with Crippen molar-refractivity contribution in [2.75, 3.05) is 0 Å². The SMILES string of the molecule is O=C1N[C@H](c2cc([N+](=O)[O-])ccc2OC(F)F)[C@@H](C(=O)c2ccccc2)[C@@](O)(C(F)(F)F)N1. The molecule has 9 nitrogen and oxygen atoms in total. The largest absolute Gasteiger partial charge is 0.437 e. The second kappa shape index (κ2) is 8.61. The van der Waals surface area contributed by atoms with E-state index in [0.29, 0.717) is 12.1 Å². The molecular formula is C19H14F5N3O6. The number of nitro benzene ring substituents is 1. The Kier molecular flexibility index (Phi) is 6.22. The van der Waals surface area contributed by atoms with E-state index < -0.39 is 64.2 Å². The average molecular weight is 475 g/mol. The molecule has 14 heteroatoms. The van der Waals surface area contributed by atoms with E-state index in [0.717, 1.165) is 18.2 Å². The van der Waals surface area contributed by atoms with Crippen LogP contribution in [0.5, 0.6) is 5.75 Å². The number of nitrogens with zero attached hydrogens (tertiary/aromatic N) is 1. The topological polar surface area (TPSA) is 131 Å². The highest BCUT2D eigenvalue weighted by atomic mass is 19.4. The van der Waals surface area contributed by atoms with Crippen molar-refractivity contribution in [3.8, 4) is 5.75 Å². The summed E-state index contributed by atoms with van der Waals surface area (Å²) in [5, 5.41) is 24.9. The maximum Gasteiger partial charge on any atom is 0.437 e. The Balaban J connectivity index is 2.27. The van der Waals surface area contributed by atoms with Crippen molar-refractivity contribution in [2.24, 2.45) is 5.92 Å². The number of amides is 2. The number of ketones is 1. The number of alkyl halides is 5. The number of non-ortho nitro benzene ring substituents is 1. The summed E-state index contributed by atoms with van der Waals surface area (Å²) >= 11 is 0. The Labute approximate surface area is 181 Å². The van der Waals surface area contributed by atoms with Crippen molar-refractivity contribution < 1.29 is 46.3 Å². The Morgan fingerprint density at radius 1 is 1.18 bits per heavy atom. The Bertz CT molecular complexity index is 1080. The van der Waals surface area contributed by atoms with E-state index in [1.165, 1.54) is 23.5 Å². The summed E-state index contributed by atoms with van der Waals surface area (Å²) < 4.78 is 71.9. The van der Waals surface area contributed by atoms with Gasteiger partial charge in [0.15, 0.2) is 5.78 Å². The first-order valence-corrected chi connectivity index (χ1v) is 9.05. The normalized spacial score (nSPS) is 22.9. The summed E-state index contributed by atoms with van der Waals surface area (Å²) in [6, 6.07) is 4.63. The van der Waals surface area contributed by atoms with Crippen molar-refractivity contribution in [1.29, 1.82) is 0 Å². The third-order valence-electron chi connectivity index (χ3n) is 4.90. The van der Waals surface area contributed by atoms with Gasteiger partial charge in [-0.3, -0.25) is 14.9 Å². The molecule has 3 atom stereocenters. The zero-order valence-corrected chi connectivity index (χ0v) is 16.2. The number of carbonyl (C=O) groups is 2. The van der Waals surface area contributed by atoms with Gasteiger partial charge in [-0.25, -0.2) is 4.79 Å². The van der Waals surface area contributed by atoms with Crippen LogP contribution in [0.2, 0.25) is 0 Å². The van der Waals surface area contributed by atoms with E-state index in [4.69, 9.17) is 0 Å². The molecule has 33 heavy (non-hydrogen) atoms. The van der Waals surface area contributed by atoms with E-state index in [1.54, 1.807) is 0 Å². The Morgan fingerprint density at radius 3 is 2.36 bits per heavy atom. The molecule has 3 rings (SSSR count). The van der Waals surface area contributed by atoms with Crippen molar-refractivity contribution in [3.63, 3.8) is 0 Å².